The lowest BCUT2D eigenvalue weighted by atomic mass is 10.1. The Labute approximate surface area is 146 Å². The van der Waals surface area contributed by atoms with E-state index in [9.17, 15) is 4.79 Å². The van der Waals surface area contributed by atoms with Gasteiger partial charge in [0.15, 0.2) is 5.78 Å². The van der Waals surface area contributed by atoms with Gasteiger partial charge in [-0.25, -0.2) is 0 Å². The summed E-state index contributed by atoms with van der Waals surface area (Å²) in [6, 6.07) is 10.4. The minimum absolute atomic E-state index is 0.0220. The van der Waals surface area contributed by atoms with Crippen molar-refractivity contribution in [1.29, 1.82) is 0 Å². The zero-order valence-electron chi connectivity index (χ0n) is 14.7. The Hall–Kier alpha value is -2.76. The molecule has 0 spiro atoms. The van der Waals surface area contributed by atoms with Gasteiger partial charge in [-0.1, -0.05) is 24.3 Å². The molecule has 0 bridgehead atoms. The van der Waals surface area contributed by atoms with Crippen LogP contribution in [0.1, 0.15) is 46.2 Å². The quantitative estimate of drug-likeness (QED) is 0.671. The highest BCUT2D eigenvalue weighted by molar-refractivity contribution is 5.97. The second-order valence-corrected chi connectivity index (χ2v) is 6.77. The van der Waals surface area contributed by atoms with E-state index in [1.54, 1.807) is 0 Å². The molecule has 128 valence electrons. The normalized spacial score (nSPS) is 14.0. The highest BCUT2D eigenvalue weighted by Gasteiger charge is 2.28. The van der Waals surface area contributed by atoms with Crippen molar-refractivity contribution < 1.29 is 4.79 Å². The van der Waals surface area contributed by atoms with Crippen LogP contribution in [0.25, 0.3) is 11.4 Å². The lowest BCUT2D eigenvalue weighted by molar-refractivity contribution is 0.0960. The van der Waals surface area contributed by atoms with Gasteiger partial charge >= 0.3 is 0 Å². The Morgan fingerprint density at radius 3 is 2.68 bits per heavy atom. The average molecular weight is 335 g/mol. The summed E-state index contributed by atoms with van der Waals surface area (Å²) in [5.74, 6) is 0.572. The van der Waals surface area contributed by atoms with Gasteiger partial charge in [0.25, 0.3) is 0 Å². The molecule has 6 nitrogen and oxygen atoms in total. The van der Waals surface area contributed by atoms with E-state index < -0.39 is 0 Å². The number of carbonyl (C=O) groups excluding carboxylic acids is 1. The van der Waals surface area contributed by atoms with Crippen molar-refractivity contribution in [2.24, 2.45) is 0 Å². The van der Waals surface area contributed by atoms with Crippen molar-refractivity contribution in [2.45, 2.75) is 46.2 Å². The van der Waals surface area contributed by atoms with Crippen LogP contribution in [0.4, 0.5) is 0 Å². The highest BCUT2D eigenvalue weighted by Crippen LogP contribution is 2.38. The minimum Gasteiger partial charge on any atom is -0.345 e. The van der Waals surface area contributed by atoms with E-state index in [1.165, 1.54) is 17.6 Å². The highest BCUT2D eigenvalue weighted by atomic mass is 16.1. The van der Waals surface area contributed by atoms with Gasteiger partial charge in [0.2, 0.25) is 5.82 Å². The lowest BCUT2D eigenvalue weighted by Crippen LogP contribution is -2.14. The summed E-state index contributed by atoms with van der Waals surface area (Å²) >= 11 is 0. The second-order valence-electron chi connectivity index (χ2n) is 6.77. The molecule has 2 aromatic heterocycles. The number of nitrogens with zero attached hydrogens (tertiary/aromatic N) is 5. The smallest absolute Gasteiger partial charge is 0.205 e. The van der Waals surface area contributed by atoms with E-state index in [2.05, 4.69) is 26.9 Å². The summed E-state index contributed by atoms with van der Waals surface area (Å²) < 4.78 is 2.28. The molecule has 0 saturated heterocycles. The van der Waals surface area contributed by atoms with Crippen LogP contribution in [-0.2, 0) is 6.54 Å². The Morgan fingerprint density at radius 1 is 1.20 bits per heavy atom. The Bertz CT molecular complexity index is 949. The van der Waals surface area contributed by atoms with Crippen molar-refractivity contribution in [3.8, 4) is 11.4 Å². The molecule has 1 aromatic carbocycles. The molecule has 1 aliphatic rings. The van der Waals surface area contributed by atoms with Crippen LogP contribution in [0, 0.1) is 20.8 Å². The van der Waals surface area contributed by atoms with Crippen LogP contribution >= 0.6 is 0 Å². The fourth-order valence-electron chi connectivity index (χ4n) is 3.41. The number of hydrogen-bond donors (Lipinski definition) is 0. The van der Waals surface area contributed by atoms with Crippen molar-refractivity contribution in [2.75, 3.05) is 0 Å². The molecule has 0 N–H and O–H groups in total. The zero-order chi connectivity index (χ0) is 17.6. The average Bonchev–Trinajstić information content (AvgIpc) is 3.23. The van der Waals surface area contributed by atoms with E-state index in [4.69, 9.17) is 0 Å². The molecule has 4 rings (SSSR count). The van der Waals surface area contributed by atoms with Crippen LogP contribution in [0.2, 0.25) is 0 Å². The maximum Gasteiger partial charge on any atom is 0.205 e. The van der Waals surface area contributed by atoms with Gasteiger partial charge in [0.1, 0.15) is 6.54 Å². The molecule has 0 aliphatic heterocycles. The number of aryl methyl sites for hydroxylation is 2. The number of ketones is 1. The van der Waals surface area contributed by atoms with Crippen LogP contribution in [0.15, 0.2) is 30.3 Å². The molecule has 1 saturated carbocycles. The summed E-state index contributed by atoms with van der Waals surface area (Å²) in [5.41, 5.74) is 4.98. The van der Waals surface area contributed by atoms with Crippen LogP contribution in [0.3, 0.4) is 0 Å². The fourth-order valence-corrected chi connectivity index (χ4v) is 3.41. The molecule has 0 atom stereocenters. The first-order chi connectivity index (χ1) is 12.0. The topological polar surface area (TPSA) is 65.6 Å². The summed E-state index contributed by atoms with van der Waals surface area (Å²) in [4.78, 5) is 14.1. The third kappa shape index (κ3) is 2.88. The molecule has 0 unspecified atom stereocenters. The van der Waals surface area contributed by atoms with Gasteiger partial charge < -0.3 is 4.57 Å². The van der Waals surface area contributed by atoms with Crippen molar-refractivity contribution in [3.63, 3.8) is 0 Å². The predicted octanol–water partition coefficient (Wildman–Crippen LogP) is 3.28. The Morgan fingerprint density at radius 2 is 1.96 bits per heavy atom. The summed E-state index contributed by atoms with van der Waals surface area (Å²) in [6.07, 6.45) is 2.41. The summed E-state index contributed by atoms with van der Waals surface area (Å²) in [6.45, 7) is 6.19. The predicted molar refractivity (Wildman–Crippen MR) is 94.5 cm³/mol. The van der Waals surface area contributed by atoms with Crippen LogP contribution in [0.5, 0.6) is 0 Å². The molecule has 2 heterocycles. The summed E-state index contributed by atoms with van der Waals surface area (Å²) in [7, 11) is 0. The van der Waals surface area contributed by atoms with Gasteiger partial charge in [0, 0.05) is 28.6 Å². The monoisotopic (exact) mass is 335 g/mol. The van der Waals surface area contributed by atoms with E-state index in [-0.39, 0.29) is 12.3 Å². The first-order valence-corrected chi connectivity index (χ1v) is 8.60. The Balaban J connectivity index is 1.56. The second kappa shape index (κ2) is 5.95. The van der Waals surface area contributed by atoms with Gasteiger partial charge in [-0.05, 0) is 50.5 Å². The largest absolute Gasteiger partial charge is 0.345 e. The number of carbonyl (C=O) groups is 1. The first-order valence-electron chi connectivity index (χ1n) is 8.60. The van der Waals surface area contributed by atoms with Crippen LogP contribution in [-0.4, -0.2) is 30.6 Å². The maximum absolute atomic E-state index is 12.7. The lowest BCUT2D eigenvalue weighted by Gasteiger charge is -2.07. The third-order valence-corrected chi connectivity index (χ3v) is 4.82. The van der Waals surface area contributed by atoms with Gasteiger partial charge in [-0.15, -0.1) is 10.2 Å². The fraction of sp³-hybridized carbons (Fsp3) is 0.368. The Kier molecular flexibility index (Phi) is 3.75. The van der Waals surface area contributed by atoms with E-state index in [1.807, 2.05) is 44.2 Å². The first kappa shape index (κ1) is 15.7. The molecular weight excluding hydrogens is 314 g/mol. The summed E-state index contributed by atoms with van der Waals surface area (Å²) in [5, 5.41) is 12.5. The molecule has 3 aromatic rings. The minimum atomic E-state index is 0.0220. The van der Waals surface area contributed by atoms with Crippen molar-refractivity contribution in [1.82, 2.24) is 24.8 Å². The number of benzene rings is 1. The molecule has 1 aliphatic carbocycles. The number of aromatic nitrogens is 5. The number of rotatable bonds is 5. The van der Waals surface area contributed by atoms with E-state index in [0.717, 1.165) is 28.1 Å². The SMILES string of the molecule is Cc1ccccc1-c1nnn(CC(=O)c2cc(C)n(C3CC3)c2C)n1. The number of Topliss-reactive ketones (excluding diaryl/α,β-unsaturated/α-hetero) is 1. The molecule has 0 amide bonds. The van der Waals surface area contributed by atoms with E-state index >= 15 is 0 Å². The van der Waals surface area contributed by atoms with Crippen molar-refractivity contribution >= 4 is 5.78 Å². The van der Waals surface area contributed by atoms with Gasteiger partial charge in [0.05, 0.1) is 0 Å². The molecule has 0 radical (unpaired) electrons. The van der Waals surface area contributed by atoms with Crippen LogP contribution < -0.4 is 0 Å². The standard InChI is InChI=1S/C19H21N5O/c1-12-6-4-5-7-16(12)19-20-22-23(21-19)11-18(25)17-10-13(2)24(14(17)3)15-8-9-15/h4-7,10,15H,8-9,11H2,1-3H3. The number of tetrazole rings is 1. The molecule has 1 fully saturated rings. The van der Waals surface area contributed by atoms with E-state index in [0.29, 0.717) is 11.9 Å². The zero-order valence-corrected chi connectivity index (χ0v) is 14.7. The maximum atomic E-state index is 12.7. The van der Waals surface area contributed by atoms with Gasteiger partial charge in [-0.2, -0.15) is 4.80 Å². The number of hydrogen-bond acceptors (Lipinski definition) is 4. The third-order valence-electron chi connectivity index (χ3n) is 4.82. The molecule has 6 heteroatoms. The van der Waals surface area contributed by atoms with Crippen molar-refractivity contribution in [3.05, 3.63) is 52.8 Å². The molecule has 25 heavy (non-hydrogen) atoms. The van der Waals surface area contributed by atoms with Gasteiger partial charge in [-0.3, -0.25) is 4.79 Å². The molecular formula is C19H21N5O.